The predicted octanol–water partition coefficient (Wildman–Crippen LogP) is 6.97. The molecule has 0 N–H and O–H groups in total. The van der Waals surface area contributed by atoms with E-state index >= 15 is 0 Å². The molecule has 0 aliphatic carbocycles. The van der Waals surface area contributed by atoms with Gasteiger partial charge in [0.1, 0.15) is 29.0 Å². The maximum atomic E-state index is 12.6. The third-order valence-corrected chi connectivity index (χ3v) is 6.71. The Morgan fingerprint density at radius 3 is 2.34 bits per heavy atom. The monoisotopic (exact) mass is 509 g/mol. The first-order chi connectivity index (χ1) is 15.1. The van der Waals surface area contributed by atoms with Gasteiger partial charge in [-0.1, -0.05) is 80.1 Å². The van der Waals surface area contributed by atoms with Crippen LogP contribution in [0.25, 0.3) is 6.08 Å². The minimum Gasteiger partial charge on any atom is -0.490 e. The Labute approximate surface area is 208 Å². The SMILES string of the molecule is CCN1C(=O)/C(=C\c2cc(Cl)cc(Cl)c2OCCOc2ccc(C(C)(C)C)cc2)SC1=S. The molecule has 1 amide bonds. The van der Waals surface area contributed by atoms with E-state index in [1.54, 1.807) is 23.1 Å². The first kappa shape index (κ1) is 24.9. The van der Waals surface area contributed by atoms with E-state index in [-0.39, 0.29) is 17.9 Å². The predicted molar refractivity (Wildman–Crippen MR) is 138 cm³/mol. The Bertz CT molecular complexity index is 1050. The lowest BCUT2D eigenvalue weighted by Crippen LogP contribution is -2.27. The first-order valence-electron chi connectivity index (χ1n) is 10.2. The number of thiocarbonyl (C=S) groups is 1. The Balaban J connectivity index is 1.69. The zero-order valence-corrected chi connectivity index (χ0v) is 21.6. The maximum Gasteiger partial charge on any atom is 0.266 e. The molecule has 4 nitrogen and oxygen atoms in total. The number of ether oxygens (including phenoxy) is 2. The van der Waals surface area contributed by atoms with Crippen LogP contribution in [0.15, 0.2) is 41.3 Å². The zero-order chi connectivity index (χ0) is 23.5. The number of carbonyl (C=O) groups excluding carboxylic acids is 1. The molecule has 170 valence electrons. The number of thioether (sulfide) groups is 1. The van der Waals surface area contributed by atoms with E-state index in [2.05, 4.69) is 32.9 Å². The third-order valence-electron chi connectivity index (χ3n) is 4.83. The first-order valence-corrected chi connectivity index (χ1v) is 12.2. The van der Waals surface area contributed by atoms with Crippen molar-refractivity contribution in [3.05, 3.63) is 62.5 Å². The molecule has 1 saturated heterocycles. The quantitative estimate of drug-likeness (QED) is 0.229. The molecule has 2 aromatic rings. The standard InChI is InChI=1S/C24H25Cl2NO3S2/c1-5-27-22(28)20(32-23(27)31)13-15-12-17(25)14-19(26)21(15)30-11-10-29-18-8-6-16(7-9-18)24(2,3)4/h6-9,12-14H,5,10-11H2,1-4H3/b20-13+. The van der Waals surface area contributed by atoms with Crippen LogP contribution in [-0.4, -0.2) is 34.9 Å². The van der Waals surface area contributed by atoms with E-state index in [1.165, 1.54) is 17.3 Å². The molecular formula is C24H25Cl2NO3S2. The van der Waals surface area contributed by atoms with Crippen molar-refractivity contribution in [2.45, 2.75) is 33.1 Å². The molecule has 2 aromatic carbocycles. The second-order valence-electron chi connectivity index (χ2n) is 8.20. The van der Waals surface area contributed by atoms with Crippen molar-refractivity contribution < 1.29 is 14.3 Å². The lowest BCUT2D eigenvalue weighted by atomic mass is 9.87. The van der Waals surface area contributed by atoms with E-state index in [1.807, 2.05) is 19.1 Å². The summed E-state index contributed by atoms with van der Waals surface area (Å²) in [5.74, 6) is 1.09. The summed E-state index contributed by atoms with van der Waals surface area (Å²) in [5.41, 5.74) is 1.95. The number of likely N-dealkylation sites (N-methyl/N-ethyl adjacent to an activating group) is 1. The molecule has 8 heteroatoms. The fourth-order valence-corrected chi connectivity index (χ4v) is 5.05. The van der Waals surface area contributed by atoms with Crippen molar-refractivity contribution in [1.82, 2.24) is 4.90 Å². The van der Waals surface area contributed by atoms with Gasteiger partial charge in [-0.2, -0.15) is 0 Å². The van der Waals surface area contributed by atoms with E-state index in [0.29, 0.717) is 43.7 Å². The molecule has 1 aliphatic rings. The Hall–Kier alpha value is -1.73. The van der Waals surface area contributed by atoms with Crippen LogP contribution in [0.2, 0.25) is 10.0 Å². The summed E-state index contributed by atoms with van der Waals surface area (Å²) in [6.45, 7) is 9.54. The lowest BCUT2D eigenvalue weighted by Gasteiger charge is -2.19. The van der Waals surface area contributed by atoms with Gasteiger partial charge in [0.25, 0.3) is 5.91 Å². The van der Waals surface area contributed by atoms with Crippen LogP contribution in [0, 0.1) is 0 Å². The smallest absolute Gasteiger partial charge is 0.266 e. The van der Waals surface area contributed by atoms with Crippen LogP contribution in [0.4, 0.5) is 0 Å². The molecule has 0 spiro atoms. The van der Waals surface area contributed by atoms with E-state index < -0.39 is 0 Å². The fraction of sp³-hybridized carbons (Fsp3) is 0.333. The fourth-order valence-electron chi connectivity index (χ4n) is 3.11. The van der Waals surface area contributed by atoms with Gasteiger partial charge in [-0.25, -0.2) is 0 Å². The second-order valence-corrected chi connectivity index (χ2v) is 10.7. The third kappa shape index (κ3) is 5.98. The summed E-state index contributed by atoms with van der Waals surface area (Å²) in [4.78, 5) is 14.6. The van der Waals surface area contributed by atoms with Gasteiger partial charge >= 0.3 is 0 Å². The molecule has 0 unspecified atom stereocenters. The Morgan fingerprint density at radius 1 is 1.09 bits per heavy atom. The molecule has 1 fully saturated rings. The molecule has 0 radical (unpaired) electrons. The molecule has 1 aliphatic heterocycles. The van der Waals surface area contributed by atoms with E-state index in [0.717, 1.165) is 5.75 Å². The van der Waals surface area contributed by atoms with Crippen molar-refractivity contribution in [3.63, 3.8) is 0 Å². The molecule has 32 heavy (non-hydrogen) atoms. The summed E-state index contributed by atoms with van der Waals surface area (Å²) in [5, 5.41) is 0.819. The average molecular weight is 511 g/mol. The highest BCUT2D eigenvalue weighted by atomic mass is 35.5. The molecule has 0 saturated carbocycles. The van der Waals surface area contributed by atoms with Crippen molar-refractivity contribution in [2.24, 2.45) is 0 Å². The van der Waals surface area contributed by atoms with Crippen LogP contribution in [0.1, 0.15) is 38.8 Å². The summed E-state index contributed by atoms with van der Waals surface area (Å²) < 4.78 is 12.3. The Kier molecular flexibility index (Phi) is 8.15. The molecular weight excluding hydrogens is 485 g/mol. The van der Waals surface area contributed by atoms with Gasteiger partial charge in [0.15, 0.2) is 0 Å². The van der Waals surface area contributed by atoms with Gasteiger partial charge in [-0.15, -0.1) is 0 Å². The number of amides is 1. The minimum absolute atomic E-state index is 0.0920. The van der Waals surface area contributed by atoms with Gasteiger partial charge in [0.2, 0.25) is 0 Å². The number of nitrogens with zero attached hydrogens (tertiary/aromatic N) is 1. The van der Waals surface area contributed by atoms with Crippen LogP contribution in [-0.2, 0) is 10.2 Å². The Morgan fingerprint density at radius 2 is 1.75 bits per heavy atom. The number of rotatable bonds is 7. The molecule has 1 heterocycles. The summed E-state index contributed by atoms with van der Waals surface area (Å²) in [7, 11) is 0. The van der Waals surface area contributed by atoms with Gasteiger partial charge in [-0.3, -0.25) is 9.69 Å². The summed E-state index contributed by atoms with van der Waals surface area (Å²) in [6, 6.07) is 11.4. The average Bonchev–Trinajstić information content (AvgIpc) is 2.98. The normalized spacial score (nSPS) is 15.6. The second kappa shape index (κ2) is 10.5. The maximum absolute atomic E-state index is 12.6. The molecule has 3 rings (SSSR count). The van der Waals surface area contributed by atoms with Gasteiger partial charge in [-0.05, 0) is 48.2 Å². The van der Waals surface area contributed by atoms with E-state index in [9.17, 15) is 4.79 Å². The van der Waals surface area contributed by atoms with Gasteiger partial charge < -0.3 is 9.47 Å². The van der Waals surface area contributed by atoms with Gasteiger partial charge in [0.05, 0.1) is 9.93 Å². The van der Waals surface area contributed by atoms with Gasteiger partial charge in [0, 0.05) is 17.1 Å². The van der Waals surface area contributed by atoms with E-state index in [4.69, 9.17) is 44.9 Å². The summed E-state index contributed by atoms with van der Waals surface area (Å²) >= 11 is 19.1. The molecule has 0 aromatic heterocycles. The van der Waals surface area contributed by atoms with Crippen LogP contribution < -0.4 is 9.47 Å². The minimum atomic E-state index is -0.133. The van der Waals surface area contributed by atoms with Crippen LogP contribution in [0.3, 0.4) is 0 Å². The number of hydrogen-bond donors (Lipinski definition) is 0. The molecule has 0 bridgehead atoms. The highest BCUT2D eigenvalue weighted by Gasteiger charge is 2.31. The van der Waals surface area contributed by atoms with Crippen LogP contribution in [0.5, 0.6) is 11.5 Å². The highest BCUT2D eigenvalue weighted by molar-refractivity contribution is 8.26. The van der Waals surface area contributed by atoms with Crippen molar-refractivity contribution in [2.75, 3.05) is 19.8 Å². The number of halogens is 2. The highest BCUT2D eigenvalue weighted by Crippen LogP contribution is 2.38. The van der Waals surface area contributed by atoms with Crippen LogP contribution >= 0.6 is 47.2 Å². The zero-order valence-electron chi connectivity index (χ0n) is 18.4. The number of hydrogen-bond acceptors (Lipinski definition) is 5. The number of carbonyl (C=O) groups is 1. The lowest BCUT2D eigenvalue weighted by molar-refractivity contribution is -0.121. The van der Waals surface area contributed by atoms with Crippen molar-refractivity contribution in [3.8, 4) is 11.5 Å². The van der Waals surface area contributed by atoms with Crippen molar-refractivity contribution in [1.29, 1.82) is 0 Å². The number of benzene rings is 2. The topological polar surface area (TPSA) is 38.8 Å². The summed E-state index contributed by atoms with van der Waals surface area (Å²) in [6.07, 6.45) is 1.72. The molecule has 0 atom stereocenters. The van der Waals surface area contributed by atoms with Crippen molar-refractivity contribution >= 4 is 63.5 Å². The largest absolute Gasteiger partial charge is 0.490 e.